The summed E-state index contributed by atoms with van der Waals surface area (Å²) in [6.45, 7) is 1.17. The molecule has 0 bridgehead atoms. The molecule has 3 rings (SSSR count). The van der Waals surface area contributed by atoms with Crippen LogP contribution in [0.5, 0.6) is 0 Å². The van der Waals surface area contributed by atoms with Crippen LogP contribution in [0.3, 0.4) is 0 Å². The van der Waals surface area contributed by atoms with E-state index in [1.54, 1.807) is 24.3 Å². The fourth-order valence-electron chi connectivity index (χ4n) is 2.54. The molecule has 1 aromatic heterocycles. The van der Waals surface area contributed by atoms with Crippen molar-refractivity contribution in [1.29, 1.82) is 0 Å². The van der Waals surface area contributed by atoms with Gasteiger partial charge >= 0.3 is 5.97 Å². The van der Waals surface area contributed by atoms with Gasteiger partial charge in [-0.05, 0) is 35.4 Å². The first-order valence-corrected chi connectivity index (χ1v) is 7.88. The third-order valence-corrected chi connectivity index (χ3v) is 3.77. The highest BCUT2D eigenvalue weighted by molar-refractivity contribution is 5.84. The highest BCUT2D eigenvalue weighted by atomic mass is 19.1. The molecule has 0 saturated heterocycles. The molecule has 0 aliphatic rings. The molecule has 0 fully saturated rings. The Kier molecular flexibility index (Phi) is 5.38. The van der Waals surface area contributed by atoms with Crippen LogP contribution >= 0.6 is 0 Å². The summed E-state index contributed by atoms with van der Waals surface area (Å²) in [6.07, 6.45) is 1.09. The molecule has 1 N–H and O–H groups in total. The van der Waals surface area contributed by atoms with Crippen LogP contribution in [0, 0.1) is 11.6 Å². The average molecular weight is 358 g/mol. The summed E-state index contributed by atoms with van der Waals surface area (Å²) in [4.78, 5) is 16.8. The first-order chi connectivity index (χ1) is 12.5. The van der Waals surface area contributed by atoms with Gasteiger partial charge in [-0.2, -0.15) is 0 Å². The van der Waals surface area contributed by atoms with Gasteiger partial charge in [-0.3, -0.25) is 4.90 Å². The molecule has 0 saturated carbocycles. The van der Waals surface area contributed by atoms with Crippen LogP contribution in [0.15, 0.2) is 59.2 Å². The second-order valence-electron chi connectivity index (χ2n) is 5.83. The van der Waals surface area contributed by atoms with E-state index in [9.17, 15) is 13.6 Å². The van der Waals surface area contributed by atoms with Crippen LogP contribution in [-0.2, 0) is 19.6 Å². The number of carboxylic acid groups (broad SMARTS) is 1. The maximum absolute atomic E-state index is 13.1. The standard InChI is InChI=1S/C19H16F2N2O3/c20-15-5-1-13(2-6-15)9-23(10-14-3-7-16(21)8-4-14)11-18-22-17(12-26-18)19(24)25/h1-8,12H,9-11H2,(H,24,25). The third kappa shape index (κ3) is 4.73. The third-order valence-electron chi connectivity index (χ3n) is 3.77. The average Bonchev–Trinajstić information content (AvgIpc) is 3.08. The molecule has 1 heterocycles. The molecule has 7 heteroatoms. The smallest absolute Gasteiger partial charge is 0.357 e. The van der Waals surface area contributed by atoms with Gasteiger partial charge in [0.05, 0.1) is 6.54 Å². The van der Waals surface area contributed by atoms with Crippen molar-refractivity contribution in [1.82, 2.24) is 9.88 Å². The van der Waals surface area contributed by atoms with E-state index in [0.717, 1.165) is 17.4 Å². The maximum atomic E-state index is 13.1. The van der Waals surface area contributed by atoms with E-state index in [4.69, 9.17) is 9.52 Å². The van der Waals surface area contributed by atoms with E-state index in [0.29, 0.717) is 13.1 Å². The molecular formula is C19H16F2N2O3. The van der Waals surface area contributed by atoms with Crippen molar-refractivity contribution in [3.63, 3.8) is 0 Å². The number of oxazole rings is 1. The second kappa shape index (κ2) is 7.88. The number of nitrogens with zero attached hydrogens (tertiary/aromatic N) is 2. The second-order valence-corrected chi connectivity index (χ2v) is 5.83. The van der Waals surface area contributed by atoms with Gasteiger partial charge in [0.25, 0.3) is 0 Å². The van der Waals surface area contributed by atoms with Gasteiger partial charge in [0.2, 0.25) is 5.89 Å². The Morgan fingerprint density at radius 2 is 1.42 bits per heavy atom. The van der Waals surface area contributed by atoms with Crippen molar-refractivity contribution < 1.29 is 23.1 Å². The minimum atomic E-state index is -1.16. The molecule has 0 amide bonds. The Bertz CT molecular complexity index is 829. The minimum Gasteiger partial charge on any atom is -0.476 e. The zero-order chi connectivity index (χ0) is 18.5. The van der Waals surface area contributed by atoms with Crippen LogP contribution in [-0.4, -0.2) is 21.0 Å². The molecule has 134 valence electrons. The van der Waals surface area contributed by atoms with Crippen molar-refractivity contribution >= 4 is 5.97 Å². The van der Waals surface area contributed by atoms with E-state index < -0.39 is 5.97 Å². The fraction of sp³-hybridized carbons (Fsp3) is 0.158. The summed E-state index contributed by atoms with van der Waals surface area (Å²) in [6, 6.07) is 12.2. The zero-order valence-corrected chi connectivity index (χ0v) is 13.7. The molecule has 5 nitrogen and oxygen atoms in total. The normalized spacial score (nSPS) is 11.0. The molecule has 2 aromatic carbocycles. The lowest BCUT2D eigenvalue weighted by molar-refractivity contribution is 0.0690. The number of aromatic nitrogens is 1. The van der Waals surface area contributed by atoms with Crippen molar-refractivity contribution in [3.05, 3.63) is 89.1 Å². The molecule has 0 aliphatic carbocycles. The number of benzene rings is 2. The van der Waals surface area contributed by atoms with Gasteiger partial charge in [0.15, 0.2) is 5.69 Å². The highest BCUT2D eigenvalue weighted by Gasteiger charge is 2.15. The Balaban J connectivity index is 1.78. The molecule has 0 radical (unpaired) electrons. The van der Waals surface area contributed by atoms with Crippen LogP contribution in [0.2, 0.25) is 0 Å². The summed E-state index contributed by atoms with van der Waals surface area (Å²) in [5.74, 6) is -1.55. The van der Waals surface area contributed by atoms with Crippen LogP contribution in [0.4, 0.5) is 8.78 Å². The zero-order valence-electron chi connectivity index (χ0n) is 13.7. The van der Waals surface area contributed by atoms with E-state index in [2.05, 4.69) is 4.98 Å². The SMILES string of the molecule is O=C(O)c1coc(CN(Cc2ccc(F)cc2)Cc2ccc(F)cc2)n1. The van der Waals surface area contributed by atoms with E-state index >= 15 is 0 Å². The summed E-state index contributed by atoms with van der Waals surface area (Å²) in [5.41, 5.74) is 1.58. The number of hydrogen-bond acceptors (Lipinski definition) is 4. The molecule has 0 unspecified atom stereocenters. The lowest BCUT2D eigenvalue weighted by atomic mass is 10.1. The predicted molar refractivity (Wildman–Crippen MR) is 89.2 cm³/mol. The Morgan fingerprint density at radius 3 is 1.85 bits per heavy atom. The van der Waals surface area contributed by atoms with Gasteiger partial charge in [0, 0.05) is 13.1 Å². The van der Waals surface area contributed by atoms with Gasteiger partial charge in [-0.25, -0.2) is 18.6 Å². The Hall–Kier alpha value is -3.06. The number of halogens is 2. The van der Waals surface area contributed by atoms with Gasteiger partial charge in [-0.1, -0.05) is 24.3 Å². The van der Waals surface area contributed by atoms with Crippen LogP contribution in [0.25, 0.3) is 0 Å². The maximum Gasteiger partial charge on any atom is 0.357 e. The first-order valence-electron chi connectivity index (χ1n) is 7.88. The monoisotopic (exact) mass is 358 g/mol. The largest absolute Gasteiger partial charge is 0.476 e. The van der Waals surface area contributed by atoms with Crippen LogP contribution in [0.1, 0.15) is 27.5 Å². The number of carboxylic acids is 1. The molecule has 0 spiro atoms. The molecule has 0 atom stereocenters. The summed E-state index contributed by atoms with van der Waals surface area (Å²) >= 11 is 0. The topological polar surface area (TPSA) is 66.6 Å². The van der Waals surface area contributed by atoms with E-state index in [-0.39, 0.29) is 29.8 Å². The lowest BCUT2D eigenvalue weighted by Gasteiger charge is -2.21. The fourth-order valence-corrected chi connectivity index (χ4v) is 2.54. The van der Waals surface area contributed by atoms with Crippen molar-refractivity contribution in [2.24, 2.45) is 0 Å². The summed E-state index contributed by atoms with van der Waals surface area (Å²) in [7, 11) is 0. The lowest BCUT2D eigenvalue weighted by Crippen LogP contribution is -2.22. The van der Waals surface area contributed by atoms with Crippen molar-refractivity contribution in [3.8, 4) is 0 Å². The van der Waals surface area contributed by atoms with Crippen molar-refractivity contribution in [2.75, 3.05) is 0 Å². The van der Waals surface area contributed by atoms with Crippen molar-refractivity contribution in [2.45, 2.75) is 19.6 Å². The van der Waals surface area contributed by atoms with Gasteiger partial charge in [0.1, 0.15) is 17.9 Å². The van der Waals surface area contributed by atoms with E-state index in [1.807, 2.05) is 4.90 Å². The molecule has 26 heavy (non-hydrogen) atoms. The molecular weight excluding hydrogens is 342 g/mol. The number of hydrogen-bond donors (Lipinski definition) is 1. The number of carbonyl (C=O) groups is 1. The minimum absolute atomic E-state index is 0.163. The van der Waals surface area contributed by atoms with Crippen LogP contribution < -0.4 is 0 Å². The van der Waals surface area contributed by atoms with Gasteiger partial charge < -0.3 is 9.52 Å². The Morgan fingerprint density at radius 1 is 0.923 bits per heavy atom. The highest BCUT2D eigenvalue weighted by Crippen LogP contribution is 2.15. The predicted octanol–water partition coefficient (Wildman–Crippen LogP) is 3.85. The van der Waals surface area contributed by atoms with E-state index in [1.165, 1.54) is 24.3 Å². The first kappa shape index (κ1) is 17.8. The quantitative estimate of drug-likeness (QED) is 0.695. The summed E-state index contributed by atoms with van der Waals surface area (Å²) < 4.78 is 31.4. The number of rotatable bonds is 7. The summed E-state index contributed by atoms with van der Waals surface area (Å²) in [5, 5.41) is 8.95. The number of aromatic carboxylic acids is 1. The van der Waals surface area contributed by atoms with Gasteiger partial charge in [-0.15, -0.1) is 0 Å². The molecule has 3 aromatic rings. The molecule has 0 aliphatic heterocycles. The Labute approximate surface area is 148 Å².